The Balaban J connectivity index is 1.39. The second kappa shape index (κ2) is 10.4. The summed E-state index contributed by atoms with van der Waals surface area (Å²) in [5.41, 5.74) is 1.64. The first-order chi connectivity index (χ1) is 18.1. The Hall–Kier alpha value is -3.42. The van der Waals surface area contributed by atoms with Crippen LogP contribution in [-0.4, -0.2) is 68.7 Å². The number of piperidine rings is 1. The summed E-state index contributed by atoms with van der Waals surface area (Å²) in [6, 6.07) is 3.72. The van der Waals surface area contributed by atoms with Crippen LogP contribution < -0.4 is 9.46 Å². The van der Waals surface area contributed by atoms with Crippen LogP contribution in [-0.2, 0) is 10.0 Å². The van der Waals surface area contributed by atoms with Gasteiger partial charge in [-0.15, -0.1) is 0 Å². The SMILES string of the molecule is Cc1[nH]nc2nc(-c3cnc(NS(=O)(=O)c4cc(Cl)ccc4F)nc3)nc(OC3CCN(C(C)C)CC3)c12. The van der Waals surface area contributed by atoms with E-state index in [1.807, 2.05) is 6.92 Å². The molecule has 0 amide bonds. The number of aryl methyl sites for hydroxylation is 1. The molecule has 4 heterocycles. The zero-order valence-corrected chi connectivity index (χ0v) is 22.5. The summed E-state index contributed by atoms with van der Waals surface area (Å²) >= 11 is 5.83. The van der Waals surface area contributed by atoms with E-state index >= 15 is 0 Å². The molecule has 0 spiro atoms. The van der Waals surface area contributed by atoms with Crippen LogP contribution in [0.1, 0.15) is 32.4 Å². The molecule has 1 saturated heterocycles. The summed E-state index contributed by atoms with van der Waals surface area (Å²) in [5, 5.41) is 7.97. The smallest absolute Gasteiger partial charge is 0.267 e. The molecule has 0 radical (unpaired) electrons. The lowest BCUT2D eigenvalue weighted by molar-refractivity contribution is 0.0824. The van der Waals surface area contributed by atoms with E-state index in [1.165, 1.54) is 18.5 Å². The standard InChI is InChI=1S/C24H26ClFN8O3S/c1-13(2)34-8-6-17(7-9-34)37-23-20-14(3)31-32-22(20)29-21(30-23)15-11-27-24(28-12-15)33-38(35,36)19-10-16(25)4-5-18(19)26/h4-5,10-13,17H,6-9H2,1-3H3,(H,27,28,33)(H,29,30,31,32). The molecule has 3 aromatic heterocycles. The van der Waals surface area contributed by atoms with E-state index in [1.54, 1.807) is 0 Å². The summed E-state index contributed by atoms with van der Waals surface area (Å²) in [4.78, 5) is 19.1. The topological polar surface area (TPSA) is 139 Å². The van der Waals surface area contributed by atoms with Crippen molar-refractivity contribution in [1.29, 1.82) is 0 Å². The van der Waals surface area contributed by atoms with Crippen molar-refractivity contribution in [2.45, 2.75) is 50.7 Å². The van der Waals surface area contributed by atoms with E-state index in [0.717, 1.165) is 43.8 Å². The number of H-pyrrole nitrogens is 1. The monoisotopic (exact) mass is 560 g/mol. The molecule has 200 valence electrons. The van der Waals surface area contributed by atoms with Gasteiger partial charge >= 0.3 is 0 Å². The molecule has 0 bridgehead atoms. The number of nitrogens with zero attached hydrogens (tertiary/aromatic N) is 6. The molecule has 1 aliphatic heterocycles. The van der Waals surface area contributed by atoms with Crippen molar-refractivity contribution >= 4 is 38.6 Å². The number of fused-ring (bicyclic) bond motifs is 1. The van der Waals surface area contributed by atoms with Gasteiger partial charge < -0.3 is 9.64 Å². The number of hydrogen-bond donors (Lipinski definition) is 2. The van der Waals surface area contributed by atoms with Crippen molar-refractivity contribution in [2.24, 2.45) is 0 Å². The molecule has 4 aromatic rings. The van der Waals surface area contributed by atoms with Crippen molar-refractivity contribution in [2.75, 3.05) is 17.8 Å². The Morgan fingerprint density at radius 2 is 1.89 bits per heavy atom. The van der Waals surface area contributed by atoms with Gasteiger partial charge in [0.15, 0.2) is 11.5 Å². The normalized spacial score (nSPS) is 15.3. The van der Waals surface area contributed by atoms with Crippen LogP contribution >= 0.6 is 11.6 Å². The number of halogens is 2. The van der Waals surface area contributed by atoms with Crippen LogP contribution in [0.15, 0.2) is 35.5 Å². The second-order valence-electron chi connectivity index (χ2n) is 9.32. The first-order valence-corrected chi connectivity index (χ1v) is 13.9. The van der Waals surface area contributed by atoms with Crippen molar-refractivity contribution in [3.63, 3.8) is 0 Å². The molecule has 5 rings (SSSR count). The predicted octanol–water partition coefficient (Wildman–Crippen LogP) is 3.96. The Morgan fingerprint density at radius 1 is 1.18 bits per heavy atom. The number of likely N-dealkylation sites (tertiary alicyclic amines) is 1. The van der Waals surface area contributed by atoms with E-state index in [0.29, 0.717) is 28.5 Å². The highest BCUT2D eigenvalue weighted by atomic mass is 35.5. The molecule has 1 aromatic carbocycles. The average Bonchev–Trinajstić information content (AvgIpc) is 3.26. The van der Waals surface area contributed by atoms with Gasteiger partial charge in [0.2, 0.25) is 11.8 Å². The lowest BCUT2D eigenvalue weighted by Crippen LogP contribution is -2.41. The number of sulfonamides is 1. The van der Waals surface area contributed by atoms with Crippen molar-refractivity contribution in [3.8, 4) is 17.3 Å². The number of aromatic nitrogens is 6. The van der Waals surface area contributed by atoms with Crippen molar-refractivity contribution in [3.05, 3.63) is 47.1 Å². The predicted molar refractivity (Wildman–Crippen MR) is 140 cm³/mol. The quantitative estimate of drug-likeness (QED) is 0.344. The summed E-state index contributed by atoms with van der Waals surface area (Å²) in [6.07, 6.45) is 4.49. The van der Waals surface area contributed by atoms with Gasteiger partial charge in [-0.05, 0) is 51.8 Å². The van der Waals surface area contributed by atoms with E-state index in [9.17, 15) is 12.8 Å². The van der Waals surface area contributed by atoms with Crippen LogP contribution in [0.2, 0.25) is 5.02 Å². The molecule has 0 atom stereocenters. The zero-order valence-electron chi connectivity index (χ0n) is 20.9. The van der Waals surface area contributed by atoms with Crippen molar-refractivity contribution < 1.29 is 17.5 Å². The minimum absolute atomic E-state index is 0.00479. The summed E-state index contributed by atoms with van der Waals surface area (Å²) in [7, 11) is -4.31. The Labute approximate surface area is 223 Å². The number of hydrogen-bond acceptors (Lipinski definition) is 9. The molecule has 2 N–H and O–H groups in total. The molecule has 1 aliphatic rings. The summed E-state index contributed by atoms with van der Waals surface area (Å²) in [6.45, 7) is 8.13. The number of anilines is 1. The highest BCUT2D eigenvalue weighted by Crippen LogP contribution is 2.30. The van der Waals surface area contributed by atoms with Gasteiger partial charge in [-0.2, -0.15) is 10.1 Å². The first-order valence-electron chi connectivity index (χ1n) is 12.0. The molecule has 14 heteroatoms. The minimum atomic E-state index is -4.31. The maximum atomic E-state index is 14.1. The van der Waals surface area contributed by atoms with E-state index in [2.05, 4.69) is 53.6 Å². The van der Waals surface area contributed by atoms with Crippen LogP contribution in [0, 0.1) is 12.7 Å². The molecule has 1 fully saturated rings. The zero-order chi connectivity index (χ0) is 27.0. The molecular weight excluding hydrogens is 535 g/mol. The van der Waals surface area contributed by atoms with Crippen LogP contribution in [0.3, 0.4) is 0 Å². The lowest BCUT2D eigenvalue weighted by atomic mass is 10.1. The maximum absolute atomic E-state index is 14.1. The second-order valence-corrected chi connectivity index (χ2v) is 11.4. The van der Waals surface area contributed by atoms with Gasteiger partial charge in [0.25, 0.3) is 10.0 Å². The fourth-order valence-electron chi connectivity index (χ4n) is 4.27. The first kappa shape index (κ1) is 26.2. The highest BCUT2D eigenvalue weighted by Gasteiger charge is 2.25. The third-order valence-corrected chi connectivity index (χ3v) is 7.94. The van der Waals surface area contributed by atoms with Gasteiger partial charge in [-0.3, -0.25) is 5.10 Å². The van der Waals surface area contributed by atoms with Gasteiger partial charge in [-0.25, -0.2) is 32.5 Å². The molecule has 38 heavy (non-hydrogen) atoms. The number of aromatic amines is 1. The van der Waals surface area contributed by atoms with Crippen LogP contribution in [0.5, 0.6) is 5.88 Å². The third-order valence-electron chi connectivity index (χ3n) is 6.36. The van der Waals surface area contributed by atoms with Gasteiger partial charge in [0.05, 0.1) is 5.56 Å². The average molecular weight is 561 g/mol. The number of benzene rings is 1. The molecular formula is C24H26ClFN8O3S. The Kier molecular flexibility index (Phi) is 7.16. The maximum Gasteiger partial charge on any atom is 0.267 e. The van der Waals surface area contributed by atoms with E-state index in [4.69, 9.17) is 16.3 Å². The number of ether oxygens (including phenoxy) is 1. The molecule has 0 unspecified atom stereocenters. The minimum Gasteiger partial charge on any atom is -0.474 e. The van der Waals surface area contributed by atoms with E-state index in [-0.39, 0.29) is 22.9 Å². The van der Waals surface area contributed by atoms with Crippen molar-refractivity contribution in [1.82, 2.24) is 35.0 Å². The molecule has 0 aliphatic carbocycles. The molecule has 0 saturated carbocycles. The number of rotatable bonds is 7. The summed E-state index contributed by atoms with van der Waals surface area (Å²) < 4.78 is 47.8. The summed E-state index contributed by atoms with van der Waals surface area (Å²) in [5.74, 6) is -0.510. The molecule has 11 nitrogen and oxygen atoms in total. The Morgan fingerprint density at radius 3 is 2.58 bits per heavy atom. The van der Waals surface area contributed by atoms with Crippen LogP contribution in [0.4, 0.5) is 10.3 Å². The van der Waals surface area contributed by atoms with E-state index < -0.39 is 20.7 Å². The van der Waals surface area contributed by atoms with Gasteiger partial charge in [0.1, 0.15) is 22.2 Å². The fourth-order valence-corrected chi connectivity index (χ4v) is 5.57. The van der Waals surface area contributed by atoms with Crippen LogP contribution in [0.25, 0.3) is 22.4 Å². The third kappa shape index (κ3) is 5.40. The highest BCUT2D eigenvalue weighted by molar-refractivity contribution is 7.92. The number of nitrogens with one attached hydrogen (secondary N) is 2. The van der Waals surface area contributed by atoms with Gasteiger partial charge in [0, 0.05) is 42.2 Å². The lowest BCUT2D eigenvalue weighted by Gasteiger charge is -2.34. The fraction of sp³-hybridized carbons (Fsp3) is 0.375. The van der Waals surface area contributed by atoms with Gasteiger partial charge in [-0.1, -0.05) is 11.6 Å². The Bertz CT molecular complexity index is 1570. The largest absolute Gasteiger partial charge is 0.474 e.